The number of allylic oxidation sites excluding steroid dienone is 4. The summed E-state index contributed by atoms with van der Waals surface area (Å²) in [6.07, 6.45) is 2.11. The molecule has 0 aromatic rings. The third-order valence-electron chi connectivity index (χ3n) is 0.813. The van der Waals surface area contributed by atoms with Gasteiger partial charge in [0.25, 0.3) is 0 Å². The second-order valence-electron chi connectivity index (χ2n) is 2.73. The van der Waals surface area contributed by atoms with E-state index in [2.05, 4.69) is 0 Å². The zero-order valence-electron chi connectivity index (χ0n) is 9.12. The van der Waals surface area contributed by atoms with Gasteiger partial charge in [-0.3, -0.25) is 9.59 Å². The van der Waals surface area contributed by atoms with Gasteiger partial charge in [-0.15, -0.1) is 11.5 Å². The van der Waals surface area contributed by atoms with E-state index >= 15 is 0 Å². The van der Waals surface area contributed by atoms with E-state index in [9.17, 15) is 19.8 Å². The summed E-state index contributed by atoms with van der Waals surface area (Å²) in [6.45, 7) is 5.39. The molecule has 4 nitrogen and oxygen atoms in total. The van der Waals surface area contributed by atoms with Crippen molar-refractivity contribution in [3.8, 4) is 0 Å². The van der Waals surface area contributed by atoms with Crippen molar-refractivity contribution >= 4 is 11.6 Å². The summed E-state index contributed by atoms with van der Waals surface area (Å²) >= 11 is 0. The van der Waals surface area contributed by atoms with Crippen LogP contribution in [0, 0.1) is 0 Å². The molecule has 0 unspecified atom stereocenters. The van der Waals surface area contributed by atoms with E-state index in [1.54, 1.807) is 0 Å². The van der Waals surface area contributed by atoms with E-state index in [0.717, 1.165) is 12.2 Å². The van der Waals surface area contributed by atoms with E-state index in [-0.39, 0.29) is 42.6 Å². The van der Waals surface area contributed by atoms with Crippen molar-refractivity contribution in [3.05, 3.63) is 23.7 Å². The van der Waals surface area contributed by atoms with Crippen LogP contribution >= 0.6 is 0 Å². The van der Waals surface area contributed by atoms with Crippen LogP contribution in [0.5, 0.6) is 0 Å². The van der Waals surface area contributed by atoms with Gasteiger partial charge in [-0.2, -0.15) is 0 Å². The first-order valence-corrected chi connectivity index (χ1v) is 3.97. The number of hydrogen-bond acceptors (Lipinski definition) is 4. The van der Waals surface area contributed by atoms with Gasteiger partial charge in [0.2, 0.25) is 0 Å². The molecule has 0 aromatic heterocycles. The van der Waals surface area contributed by atoms with Crippen molar-refractivity contribution in [1.29, 1.82) is 0 Å². The Hall–Kier alpha value is -0.957. The second-order valence-corrected chi connectivity index (χ2v) is 2.73. The molecular weight excluding hydrogens is 287 g/mol. The Morgan fingerprint density at radius 1 is 0.800 bits per heavy atom. The molecule has 0 amide bonds. The summed E-state index contributed by atoms with van der Waals surface area (Å²) in [4.78, 5) is 20.0. The molecule has 0 aromatic carbocycles. The van der Waals surface area contributed by atoms with E-state index in [1.807, 2.05) is 0 Å². The Balaban J connectivity index is -0.000000180. The molecule has 0 spiro atoms. The van der Waals surface area contributed by atoms with Gasteiger partial charge in [-0.1, -0.05) is 13.8 Å². The Bertz CT molecular complexity index is 231. The van der Waals surface area contributed by atoms with Crippen LogP contribution in [0.1, 0.15) is 27.7 Å². The van der Waals surface area contributed by atoms with E-state index < -0.39 is 0 Å². The normalized spacial score (nSPS) is 10.7. The predicted octanol–water partition coefficient (Wildman–Crippen LogP) is -0.324. The van der Waals surface area contributed by atoms with Gasteiger partial charge >= 0.3 is 19.5 Å². The molecule has 0 N–H and O–H groups in total. The molecule has 0 aliphatic carbocycles. The summed E-state index contributed by atoms with van der Waals surface area (Å²) < 4.78 is 0. The molecule has 0 aliphatic rings. The molecule has 0 atom stereocenters. The molecule has 0 aliphatic heterocycles. The number of ketones is 2. The van der Waals surface area contributed by atoms with Gasteiger partial charge in [-0.05, 0) is 26.0 Å². The summed E-state index contributed by atoms with van der Waals surface area (Å²) in [5, 5.41) is 20.0. The summed E-state index contributed by atoms with van der Waals surface area (Å²) in [6, 6.07) is 0. The number of hydrogen-bond donors (Lipinski definition) is 0. The number of rotatable bonds is 2. The largest absolute Gasteiger partial charge is 2.00 e. The molecule has 5 heteroatoms. The fourth-order valence-electron chi connectivity index (χ4n) is 0.572. The Kier molecular flexibility index (Phi) is 14.5. The summed E-state index contributed by atoms with van der Waals surface area (Å²) in [7, 11) is 0. The molecule has 0 bridgehead atoms. The SMILES string of the molecule is CC(=O)/C=C(/C)[O-].CC(=O)/C=C(/C)[O-].[Rh+2]. The van der Waals surface area contributed by atoms with E-state index in [1.165, 1.54) is 27.7 Å². The Labute approximate surface area is 102 Å². The predicted molar refractivity (Wildman–Crippen MR) is 48.9 cm³/mol. The number of carbonyl (C=O) groups is 2. The molecular formula is C10H14O4Rh. The van der Waals surface area contributed by atoms with Crippen molar-refractivity contribution in [2.75, 3.05) is 0 Å². The maximum absolute atomic E-state index is 9.98. The fourth-order valence-corrected chi connectivity index (χ4v) is 0.572. The molecule has 15 heavy (non-hydrogen) atoms. The second kappa shape index (κ2) is 11.1. The van der Waals surface area contributed by atoms with E-state index in [0.29, 0.717) is 0 Å². The van der Waals surface area contributed by atoms with E-state index in [4.69, 9.17) is 0 Å². The molecule has 0 saturated heterocycles. The van der Waals surface area contributed by atoms with Gasteiger partial charge < -0.3 is 10.2 Å². The number of carbonyl (C=O) groups excluding carboxylic acids is 2. The minimum Gasteiger partial charge on any atom is -0.876 e. The Morgan fingerprint density at radius 3 is 1.00 bits per heavy atom. The molecule has 87 valence electrons. The minimum atomic E-state index is -0.187. The molecule has 0 rings (SSSR count). The molecule has 0 saturated carbocycles. The van der Waals surface area contributed by atoms with Crippen molar-refractivity contribution < 1.29 is 39.3 Å². The third kappa shape index (κ3) is 32.1. The van der Waals surface area contributed by atoms with Crippen LogP contribution in [0.2, 0.25) is 0 Å². The van der Waals surface area contributed by atoms with Gasteiger partial charge in [0, 0.05) is 0 Å². The zero-order chi connectivity index (χ0) is 11.7. The van der Waals surface area contributed by atoms with Gasteiger partial charge in [0.1, 0.15) is 0 Å². The maximum Gasteiger partial charge on any atom is 2.00 e. The van der Waals surface area contributed by atoms with Crippen molar-refractivity contribution in [1.82, 2.24) is 0 Å². The summed E-state index contributed by atoms with van der Waals surface area (Å²) in [5.74, 6) is -0.750. The van der Waals surface area contributed by atoms with Gasteiger partial charge in [0.05, 0.1) is 0 Å². The third-order valence-corrected chi connectivity index (χ3v) is 0.813. The first-order valence-electron chi connectivity index (χ1n) is 3.97. The zero-order valence-corrected chi connectivity index (χ0v) is 10.8. The van der Waals surface area contributed by atoms with Crippen LogP contribution < -0.4 is 10.2 Å². The van der Waals surface area contributed by atoms with Gasteiger partial charge in [0.15, 0.2) is 11.6 Å². The van der Waals surface area contributed by atoms with Crippen LogP contribution in [-0.2, 0) is 29.1 Å². The van der Waals surface area contributed by atoms with Crippen LogP contribution in [0.15, 0.2) is 23.7 Å². The molecule has 0 fully saturated rings. The Morgan fingerprint density at radius 2 is 1.00 bits per heavy atom. The topological polar surface area (TPSA) is 80.3 Å². The smallest absolute Gasteiger partial charge is 0.876 e. The maximum atomic E-state index is 9.98. The average Bonchev–Trinajstić information content (AvgIpc) is 1.79. The van der Waals surface area contributed by atoms with Crippen molar-refractivity contribution in [2.45, 2.75) is 27.7 Å². The van der Waals surface area contributed by atoms with Crippen LogP contribution in [0.3, 0.4) is 0 Å². The van der Waals surface area contributed by atoms with Crippen molar-refractivity contribution in [2.24, 2.45) is 0 Å². The monoisotopic (exact) mass is 301 g/mol. The standard InChI is InChI=1S/2C5H8O2.Rh/c2*1-4(6)3-5(2)7;/h2*3,6H,1-2H3;/q;;+2/p-2/b2*4-3-;. The first kappa shape index (κ1) is 19.6. The van der Waals surface area contributed by atoms with Crippen LogP contribution in [0.4, 0.5) is 0 Å². The quantitative estimate of drug-likeness (QED) is 0.397. The van der Waals surface area contributed by atoms with Crippen LogP contribution in [0.25, 0.3) is 0 Å². The summed E-state index contributed by atoms with van der Waals surface area (Å²) in [5.41, 5.74) is 0. The molecule has 1 radical (unpaired) electrons. The first-order chi connectivity index (χ1) is 6.25. The fraction of sp³-hybridized carbons (Fsp3) is 0.400. The molecule has 0 heterocycles. The average molecular weight is 301 g/mol. The van der Waals surface area contributed by atoms with Crippen LogP contribution in [-0.4, -0.2) is 11.6 Å². The minimum absolute atomic E-state index is 0. The van der Waals surface area contributed by atoms with Crippen molar-refractivity contribution in [3.63, 3.8) is 0 Å². The van der Waals surface area contributed by atoms with Gasteiger partial charge in [-0.25, -0.2) is 0 Å².